The van der Waals surface area contributed by atoms with Crippen LogP contribution in [0.1, 0.15) is 100 Å². The molecule has 15 heteroatoms. The second kappa shape index (κ2) is 20.6. The number of ether oxygens (including phenoxy) is 11. The van der Waals surface area contributed by atoms with Gasteiger partial charge in [-0.15, -0.1) is 0 Å². The van der Waals surface area contributed by atoms with Gasteiger partial charge >= 0.3 is 5.97 Å². The molecule has 3 N–H and O–H groups in total. The molecule has 6 heterocycles. The topological polar surface area (TPSA) is 179 Å². The average Bonchev–Trinajstić information content (AvgIpc) is 3.59. The Morgan fingerprint density at radius 1 is 0.859 bits per heavy atom. The molecule has 15 nitrogen and oxygen atoms in total. The molecule has 0 radical (unpaired) electrons. The highest BCUT2D eigenvalue weighted by Crippen LogP contribution is 2.48. The van der Waals surface area contributed by atoms with Crippen LogP contribution in [-0.4, -0.2) is 153 Å². The van der Waals surface area contributed by atoms with Gasteiger partial charge in [0, 0.05) is 65.3 Å². The molecule has 5 saturated heterocycles. The summed E-state index contributed by atoms with van der Waals surface area (Å²) in [6, 6.07) is 0. The van der Waals surface area contributed by atoms with Gasteiger partial charge in [0.2, 0.25) is 0 Å². The smallest absolute Gasteiger partial charge is 0.316 e. The van der Waals surface area contributed by atoms with Crippen molar-refractivity contribution in [2.75, 3.05) is 27.9 Å². The molecule has 9 unspecified atom stereocenters. The summed E-state index contributed by atoms with van der Waals surface area (Å²) in [6.07, 6.45) is 4.40. The summed E-state index contributed by atoms with van der Waals surface area (Å²) >= 11 is 0. The summed E-state index contributed by atoms with van der Waals surface area (Å²) in [4.78, 5) is 14.5. The molecule has 0 aromatic rings. The molecule has 1 spiro atoms. The van der Waals surface area contributed by atoms with Crippen molar-refractivity contribution in [2.24, 2.45) is 23.7 Å². The number of methoxy groups -OCH3 is 3. The Morgan fingerprint density at radius 2 is 1.56 bits per heavy atom. The summed E-state index contributed by atoms with van der Waals surface area (Å²) in [5.74, 6) is -2.98. The predicted octanol–water partition coefficient (Wildman–Crippen LogP) is 5.23. The van der Waals surface area contributed by atoms with E-state index in [-0.39, 0.29) is 49.4 Å². The highest BCUT2D eigenvalue weighted by molar-refractivity contribution is 5.78. The molecule has 21 atom stereocenters. The minimum Gasteiger partial charge on any atom is -0.462 e. The Labute approximate surface area is 379 Å². The molecule has 6 aliphatic heterocycles. The zero-order valence-electron chi connectivity index (χ0n) is 39.8. The molecule has 5 fully saturated rings. The van der Waals surface area contributed by atoms with Crippen LogP contribution in [0.25, 0.3) is 0 Å². The van der Waals surface area contributed by atoms with Crippen LogP contribution in [0.3, 0.4) is 0 Å². The van der Waals surface area contributed by atoms with Crippen LogP contribution in [0.5, 0.6) is 0 Å². The summed E-state index contributed by atoms with van der Waals surface area (Å²) in [5.41, 5.74) is 0.516. The molecule has 7 aliphatic rings. The fourth-order valence-corrected chi connectivity index (χ4v) is 11.3. The molecule has 0 saturated carbocycles. The Kier molecular flexibility index (Phi) is 16.1. The summed E-state index contributed by atoms with van der Waals surface area (Å²) in [7, 11) is 4.79. The standard InChI is InChI=1S/C49H76O15/c1-12-25(2)43-29(6)36(50)23-48(64-43)22-34-19-33(63-48)17-16-27(4)42(61-40-21-38(55-10)45(31(8)59-40)62-39-20-37(54-9)41(51)30(7)58-39)26(3)14-13-15-32-24-57-46-44(56-11)28(5)18-35(47(52)60-34)49(32,46)53/h13-16,18,25-26,29-31,33-46,50-51,53H,12,17,19-24H2,1-11H3/b14-13+,27-16+,32-15+/t25-,26-,29-,30?,31?,33+,34-,35-,36?,37?,38?,39?,40?,41?,42-,43+,44+,45?,46+,48-,49+/m0/s1. The largest absolute Gasteiger partial charge is 0.462 e. The lowest BCUT2D eigenvalue weighted by molar-refractivity contribution is -0.354. The summed E-state index contributed by atoms with van der Waals surface area (Å²) < 4.78 is 69.9. The van der Waals surface area contributed by atoms with Gasteiger partial charge in [-0.25, -0.2) is 0 Å². The number of hydrogen-bond acceptors (Lipinski definition) is 15. The van der Waals surface area contributed by atoms with Gasteiger partial charge in [0.05, 0.1) is 55.4 Å². The van der Waals surface area contributed by atoms with E-state index in [1.165, 1.54) is 0 Å². The quantitative estimate of drug-likeness (QED) is 0.202. The lowest BCUT2D eigenvalue weighted by atomic mass is 9.70. The maximum absolute atomic E-state index is 14.5. The van der Waals surface area contributed by atoms with Crippen molar-refractivity contribution >= 4 is 5.97 Å². The van der Waals surface area contributed by atoms with Crippen LogP contribution in [0.2, 0.25) is 0 Å². The number of esters is 1. The molecule has 0 aromatic heterocycles. The second-order valence-electron chi connectivity index (χ2n) is 19.7. The van der Waals surface area contributed by atoms with Gasteiger partial charge in [-0.05, 0) is 56.8 Å². The first-order valence-electron chi connectivity index (χ1n) is 23.6. The maximum Gasteiger partial charge on any atom is 0.316 e. The molecule has 1 aliphatic carbocycles. The normalized spacial score (nSPS) is 49.4. The number of rotatable bonds is 9. The number of hydrogen-bond donors (Lipinski definition) is 3. The molecular weight excluding hydrogens is 829 g/mol. The monoisotopic (exact) mass is 905 g/mol. The van der Waals surface area contributed by atoms with Crippen molar-refractivity contribution in [1.82, 2.24) is 0 Å². The van der Waals surface area contributed by atoms with E-state index in [9.17, 15) is 20.1 Å². The van der Waals surface area contributed by atoms with Crippen molar-refractivity contribution in [3.8, 4) is 0 Å². The predicted molar refractivity (Wildman–Crippen MR) is 234 cm³/mol. The van der Waals surface area contributed by atoms with Crippen molar-refractivity contribution < 1.29 is 72.2 Å². The van der Waals surface area contributed by atoms with E-state index in [1.54, 1.807) is 34.3 Å². The summed E-state index contributed by atoms with van der Waals surface area (Å²) in [5, 5.41) is 34.8. The number of carbonyl (C=O) groups excluding carboxylic acids is 1. The van der Waals surface area contributed by atoms with E-state index in [0.717, 1.165) is 17.6 Å². The number of aliphatic hydroxyl groups excluding tert-OH is 2. The van der Waals surface area contributed by atoms with E-state index in [0.29, 0.717) is 31.3 Å². The van der Waals surface area contributed by atoms with Crippen LogP contribution >= 0.6 is 0 Å². The van der Waals surface area contributed by atoms with Crippen molar-refractivity contribution in [3.05, 3.63) is 47.1 Å². The van der Waals surface area contributed by atoms with Gasteiger partial charge in [-0.1, -0.05) is 64.5 Å². The van der Waals surface area contributed by atoms with E-state index >= 15 is 0 Å². The van der Waals surface area contributed by atoms with Crippen LogP contribution in [-0.2, 0) is 56.9 Å². The van der Waals surface area contributed by atoms with Crippen molar-refractivity contribution in [3.63, 3.8) is 0 Å². The zero-order valence-corrected chi connectivity index (χ0v) is 39.8. The zero-order chi connectivity index (χ0) is 46.2. The molecule has 362 valence electrons. The highest BCUT2D eigenvalue weighted by Gasteiger charge is 2.61. The van der Waals surface area contributed by atoms with Gasteiger partial charge in [0.25, 0.3) is 0 Å². The Balaban J connectivity index is 1.20. The minimum atomic E-state index is -1.74. The third kappa shape index (κ3) is 10.0. The third-order valence-electron chi connectivity index (χ3n) is 15.3. The Hall–Kier alpha value is -2.09. The van der Waals surface area contributed by atoms with E-state index in [4.69, 9.17) is 52.1 Å². The van der Waals surface area contributed by atoms with Crippen LogP contribution < -0.4 is 0 Å². The fraction of sp³-hybridized carbons (Fsp3) is 0.816. The van der Waals surface area contributed by atoms with Crippen LogP contribution in [0.15, 0.2) is 47.1 Å². The number of allylic oxidation sites excluding steroid dienone is 2. The van der Waals surface area contributed by atoms with Crippen molar-refractivity contribution in [2.45, 2.75) is 204 Å². The maximum atomic E-state index is 14.5. The Bertz CT molecular complexity index is 1730. The van der Waals surface area contributed by atoms with Crippen molar-refractivity contribution in [1.29, 1.82) is 0 Å². The van der Waals surface area contributed by atoms with Gasteiger partial charge in [-0.2, -0.15) is 0 Å². The van der Waals surface area contributed by atoms with E-state index < -0.39 is 103 Å². The third-order valence-corrected chi connectivity index (χ3v) is 15.3. The number of aliphatic hydroxyl groups is 3. The van der Waals surface area contributed by atoms with E-state index in [1.807, 2.05) is 45.9 Å². The first-order valence-corrected chi connectivity index (χ1v) is 23.6. The molecule has 2 bridgehead atoms. The second-order valence-corrected chi connectivity index (χ2v) is 19.7. The Morgan fingerprint density at radius 3 is 2.27 bits per heavy atom. The van der Waals surface area contributed by atoms with Gasteiger partial charge in [-0.3, -0.25) is 4.79 Å². The van der Waals surface area contributed by atoms with Gasteiger partial charge < -0.3 is 67.4 Å². The molecular formula is C49H76O15. The lowest BCUT2D eigenvalue weighted by Crippen LogP contribution is -2.60. The van der Waals surface area contributed by atoms with Gasteiger partial charge in [0.1, 0.15) is 42.0 Å². The summed E-state index contributed by atoms with van der Waals surface area (Å²) in [6.45, 7) is 16.1. The number of fused-ring (bicyclic) bond motifs is 2. The average molecular weight is 905 g/mol. The van der Waals surface area contributed by atoms with Crippen LogP contribution in [0.4, 0.5) is 0 Å². The first-order chi connectivity index (χ1) is 30.4. The lowest BCUT2D eigenvalue weighted by Gasteiger charge is -2.52. The molecule has 0 aromatic carbocycles. The minimum absolute atomic E-state index is 0.0971. The number of carbonyl (C=O) groups is 1. The fourth-order valence-electron chi connectivity index (χ4n) is 11.3. The molecule has 7 rings (SSSR count). The highest BCUT2D eigenvalue weighted by atomic mass is 16.7. The molecule has 0 amide bonds. The van der Waals surface area contributed by atoms with Crippen LogP contribution in [0, 0.1) is 23.7 Å². The van der Waals surface area contributed by atoms with E-state index in [2.05, 4.69) is 26.8 Å². The first kappa shape index (κ1) is 49.8. The SMILES string of the molecule is CC[C@H](C)[C@H]1O[C@]2(CC(O)[C@@H]1C)C[C@@H]1C[C@@H](C/C=C(\C)[C@@H](OC3CC(OC)C(OC4CC(OC)C(O)C(C)O4)C(C)O3)[C@@H](C)/C=C/C=C3\CO[C@@H]4[C@H](OC)C(C)=C[C@@H](C(=O)O1)[C@]34O)O2. The van der Waals surface area contributed by atoms with Gasteiger partial charge in [0.15, 0.2) is 18.4 Å². The molecule has 64 heavy (non-hydrogen) atoms.